The molecule has 108 valence electrons. The minimum absolute atomic E-state index is 0.197. The lowest BCUT2D eigenvalue weighted by Crippen LogP contribution is -2.24. The van der Waals surface area contributed by atoms with Crippen molar-refractivity contribution in [2.75, 3.05) is 0 Å². The van der Waals surface area contributed by atoms with Gasteiger partial charge in [-0.2, -0.15) is 5.10 Å². The second-order valence-corrected chi connectivity index (χ2v) is 5.00. The molecule has 0 aliphatic carbocycles. The lowest BCUT2D eigenvalue weighted by Gasteiger charge is -2.04. The number of carbonyl (C=O) groups excluding carboxylic acids is 1. The number of aromatic nitrogens is 4. The number of nitrogens with one attached hydrogen (secondary N) is 1. The highest BCUT2D eigenvalue weighted by molar-refractivity contribution is 5.92. The molecule has 3 aromatic heterocycles. The van der Waals surface area contributed by atoms with Gasteiger partial charge >= 0.3 is 0 Å². The van der Waals surface area contributed by atoms with Crippen molar-refractivity contribution in [3.63, 3.8) is 0 Å². The molecule has 3 aromatic rings. The van der Waals surface area contributed by atoms with Crippen molar-refractivity contribution in [3.8, 4) is 0 Å². The first-order valence-electron chi connectivity index (χ1n) is 6.67. The normalized spacial score (nSPS) is 11.2. The fourth-order valence-corrected chi connectivity index (χ4v) is 1.96. The van der Waals surface area contributed by atoms with Crippen molar-refractivity contribution in [3.05, 3.63) is 47.7 Å². The van der Waals surface area contributed by atoms with Gasteiger partial charge < -0.3 is 9.84 Å². The van der Waals surface area contributed by atoms with Crippen LogP contribution in [0.3, 0.4) is 0 Å². The van der Waals surface area contributed by atoms with E-state index in [-0.39, 0.29) is 17.5 Å². The summed E-state index contributed by atoms with van der Waals surface area (Å²) in [7, 11) is 0. The first-order chi connectivity index (χ1) is 10.1. The molecule has 3 rings (SSSR count). The number of hydrogen-bond donors (Lipinski definition) is 1. The van der Waals surface area contributed by atoms with E-state index in [1.54, 1.807) is 10.6 Å². The third-order valence-corrected chi connectivity index (χ3v) is 3.14. The Labute approximate surface area is 121 Å². The first kappa shape index (κ1) is 13.3. The van der Waals surface area contributed by atoms with Crippen LogP contribution in [-0.2, 0) is 6.54 Å². The standard InChI is InChI=1S/C14H15N5O2/c1-9(2)12-6-11(18-21-12)14(20)15-7-10-4-3-5-13-16-8-17-19(10)13/h3-6,8-9H,7H2,1-2H3,(H,15,20). The third-order valence-electron chi connectivity index (χ3n) is 3.14. The van der Waals surface area contributed by atoms with Gasteiger partial charge in [0.2, 0.25) is 0 Å². The molecule has 0 saturated carbocycles. The molecule has 1 N–H and O–H groups in total. The Hall–Kier alpha value is -2.70. The first-order valence-corrected chi connectivity index (χ1v) is 6.67. The third kappa shape index (κ3) is 2.62. The van der Waals surface area contributed by atoms with Gasteiger partial charge in [-0.15, -0.1) is 0 Å². The fraction of sp³-hybridized carbons (Fsp3) is 0.286. The van der Waals surface area contributed by atoms with Crippen molar-refractivity contribution in [2.24, 2.45) is 0 Å². The molecule has 0 radical (unpaired) electrons. The zero-order valence-electron chi connectivity index (χ0n) is 11.8. The van der Waals surface area contributed by atoms with Gasteiger partial charge in [0, 0.05) is 12.0 Å². The van der Waals surface area contributed by atoms with E-state index in [1.165, 1.54) is 6.33 Å². The zero-order chi connectivity index (χ0) is 14.8. The van der Waals surface area contributed by atoms with Gasteiger partial charge in [0.05, 0.1) is 12.2 Å². The number of rotatable bonds is 4. The van der Waals surface area contributed by atoms with Crippen LogP contribution in [0.1, 0.15) is 41.7 Å². The summed E-state index contributed by atoms with van der Waals surface area (Å²) in [6, 6.07) is 7.27. The maximum absolute atomic E-state index is 12.0. The Morgan fingerprint density at radius 2 is 2.29 bits per heavy atom. The summed E-state index contributed by atoms with van der Waals surface area (Å²) >= 11 is 0. The lowest BCUT2D eigenvalue weighted by atomic mass is 10.1. The SMILES string of the molecule is CC(C)c1cc(C(=O)NCc2cccc3ncnn23)no1. The van der Waals surface area contributed by atoms with Gasteiger partial charge in [-0.1, -0.05) is 25.1 Å². The molecule has 7 heteroatoms. The average Bonchev–Trinajstić information content (AvgIpc) is 3.13. The van der Waals surface area contributed by atoms with E-state index in [0.717, 1.165) is 11.3 Å². The fourth-order valence-electron chi connectivity index (χ4n) is 1.96. The topological polar surface area (TPSA) is 85.3 Å². The van der Waals surface area contributed by atoms with Gasteiger partial charge in [-0.3, -0.25) is 4.79 Å². The lowest BCUT2D eigenvalue weighted by molar-refractivity contribution is 0.0941. The number of hydrogen-bond acceptors (Lipinski definition) is 5. The molecule has 0 unspecified atom stereocenters. The van der Waals surface area contributed by atoms with Crippen molar-refractivity contribution in [1.29, 1.82) is 0 Å². The summed E-state index contributed by atoms with van der Waals surface area (Å²) < 4.78 is 6.80. The minimum Gasteiger partial charge on any atom is -0.360 e. The van der Waals surface area contributed by atoms with Gasteiger partial charge in [0.1, 0.15) is 12.1 Å². The Balaban J connectivity index is 1.72. The molecule has 0 aliphatic heterocycles. The number of nitrogens with zero attached hydrogens (tertiary/aromatic N) is 4. The molecule has 0 aliphatic rings. The monoisotopic (exact) mass is 285 g/mol. The van der Waals surface area contributed by atoms with E-state index in [0.29, 0.717) is 12.3 Å². The predicted octanol–water partition coefficient (Wildman–Crippen LogP) is 1.77. The van der Waals surface area contributed by atoms with Gasteiger partial charge in [-0.05, 0) is 12.1 Å². The number of carbonyl (C=O) groups is 1. The van der Waals surface area contributed by atoms with Crippen LogP contribution in [0.2, 0.25) is 0 Å². The van der Waals surface area contributed by atoms with Crippen LogP contribution in [0.4, 0.5) is 0 Å². The van der Waals surface area contributed by atoms with Crippen LogP contribution in [0.15, 0.2) is 35.1 Å². The molecular formula is C14H15N5O2. The molecule has 3 heterocycles. The van der Waals surface area contributed by atoms with E-state index in [2.05, 4.69) is 20.6 Å². The van der Waals surface area contributed by atoms with E-state index in [4.69, 9.17) is 4.52 Å². The minimum atomic E-state index is -0.275. The molecule has 0 atom stereocenters. The second kappa shape index (κ2) is 5.35. The number of fused-ring (bicyclic) bond motifs is 1. The molecule has 21 heavy (non-hydrogen) atoms. The molecule has 0 bridgehead atoms. The highest BCUT2D eigenvalue weighted by atomic mass is 16.5. The molecular weight excluding hydrogens is 270 g/mol. The Kier molecular flexibility index (Phi) is 3.39. The van der Waals surface area contributed by atoms with Crippen LogP contribution < -0.4 is 5.32 Å². The zero-order valence-corrected chi connectivity index (χ0v) is 11.8. The van der Waals surface area contributed by atoms with Crippen molar-refractivity contribution >= 4 is 11.6 Å². The summed E-state index contributed by atoms with van der Waals surface area (Å²) in [6.45, 7) is 4.30. The van der Waals surface area contributed by atoms with Gasteiger partial charge in [0.25, 0.3) is 5.91 Å². The number of pyridine rings is 1. The summed E-state index contributed by atoms with van der Waals surface area (Å²) in [5.74, 6) is 0.615. The molecule has 0 fully saturated rings. The Morgan fingerprint density at radius 1 is 1.43 bits per heavy atom. The largest absolute Gasteiger partial charge is 0.360 e. The quantitative estimate of drug-likeness (QED) is 0.789. The number of amides is 1. The van der Waals surface area contributed by atoms with Gasteiger partial charge in [-0.25, -0.2) is 9.50 Å². The molecule has 0 spiro atoms. The van der Waals surface area contributed by atoms with Crippen LogP contribution in [-0.4, -0.2) is 25.7 Å². The van der Waals surface area contributed by atoms with E-state index in [9.17, 15) is 4.79 Å². The van der Waals surface area contributed by atoms with Crippen molar-refractivity contribution < 1.29 is 9.32 Å². The smallest absolute Gasteiger partial charge is 0.273 e. The predicted molar refractivity (Wildman–Crippen MR) is 74.7 cm³/mol. The highest BCUT2D eigenvalue weighted by Gasteiger charge is 2.14. The Bertz CT molecular complexity index is 774. The maximum atomic E-state index is 12.0. The van der Waals surface area contributed by atoms with E-state index >= 15 is 0 Å². The van der Waals surface area contributed by atoms with Crippen LogP contribution >= 0.6 is 0 Å². The highest BCUT2D eigenvalue weighted by Crippen LogP contribution is 2.15. The van der Waals surface area contributed by atoms with Crippen LogP contribution in [0.25, 0.3) is 5.65 Å². The summed E-state index contributed by atoms with van der Waals surface area (Å²) in [4.78, 5) is 16.1. The van der Waals surface area contributed by atoms with Gasteiger partial charge in [0.15, 0.2) is 11.3 Å². The van der Waals surface area contributed by atoms with Crippen molar-refractivity contribution in [2.45, 2.75) is 26.3 Å². The van der Waals surface area contributed by atoms with Crippen molar-refractivity contribution in [1.82, 2.24) is 25.1 Å². The van der Waals surface area contributed by atoms with E-state index < -0.39 is 0 Å². The Morgan fingerprint density at radius 3 is 3.05 bits per heavy atom. The molecule has 7 nitrogen and oxygen atoms in total. The van der Waals surface area contributed by atoms with E-state index in [1.807, 2.05) is 32.0 Å². The average molecular weight is 285 g/mol. The molecule has 0 saturated heterocycles. The summed E-state index contributed by atoms with van der Waals surface area (Å²) in [5.41, 5.74) is 1.86. The van der Waals surface area contributed by atoms with Crippen LogP contribution in [0.5, 0.6) is 0 Å². The molecule has 1 amide bonds. The summed E-state index contributed by atoms with van der Waals surface area (Å²) in [5, 5.41) is 10.7. The second-order valence-electron chi connectivity index (χ2n) is 5.00. The summed E-state index contributed by atoms with van der Waals surface area (Å²) in [6.07, 6.45) is 1.48. The molecule has 0 aromatic carbocycles. The van der Waals surface area contributed by atoms with Crippen LogP contribution in [0, 0.1) is 0 Å². The maximum Gasteiger partial charge on any atom is 0.273 e.